The van der Waals surface area contributed by atoms with Crippen molar-refractivity contribution in [3.63, 3.8) is 0 Å². The number of nitrogens with zero attached hydrogens (tertiary/aromatic N) is 3. The fraction of sp³-hybridized carbons (Fsp3) is 0.375. The number of hydrogen-bond acceptors (Lipinski definition) is 4. The van der Waals surface area contributed by atoms with Gasteiger partial charge in [-0.25, -0.2) is 4.68 Å². The highest BCUT2D eigenvalue weighted by atomic mass is 16.3. The van der Waals surface area contributed by atoms with E-state index in [0.29, 0.717) is 12.4 Å². The molecule has 1 aromatic carbocycles. The van der Waals surface area contributed by atoms with E-state index < -0.39 is 0 Å². The molecule has 2 amide bonds. The molecule has 0 aliphatic heterocycles. The lowest BCUT2D eigenvalue weighted by atomic mass is 9.92. The third-order valence-corrected chi connectivity index (χ3v) is 4.88. The molecule has 31 heavy (non-hydrogen) atoms. The van der Waals surface area contributed by atoms with Gasteiger partial charge in [-0.15, -0.1) is 0 Å². The first-order valence-corrected chi connectivity index (χ1v) is 10.6. The molecule has 164 valence electrons. The number of aromatic nitrogens is 2. The van der Waals surface area contributed by atoms with Crippen LogP contribution < -0.4 is 5.32 Å². The highest BCUT2D eigenvalue weighted by Crippen LogP contribution is 2.26. The number of rotatable bonds is 8. The number of carbonyl (C=O) groups is 2. The largest absolute Gasteiger partial charge is 0.459 e. The molecule has 0 saturated carbocycles. The van der Waals surface area contributed by atoms with E-state index in [1.165, 1.54) is 11.2 Å². The van der Waals surface area contributed by atoms with Gasteiger partial charge in [0.15, 0.2) is 5.76 Å². The SMILES string of the molecule is CCCCN(CC(=O)Nc1cc(C(C)(C)C)nn1-c1ccccc1)C(=O)c1ccco1. The Morgan fingerprint density at radius 2 is 1.87 bits per heavy atom. The maximum atomic E-state index is 12.9. The number of amides is 2. The number of furan rings is 1. The van der Waals surface area contributed by atoms with Crippen LogP contribution in [0.5, 0.6) is 0 Å². The van der Waals surface area contributed by atoms with Gasteiger partial charge in [0.25, 0.3) is 5.91 Å². The topological polar surface area (TPSA) is 80.4 Å². The molecule has 0 atom stereocenters. The van der Waals surface area contributed by atoms with Gasteiger partial charge in [0.1, 0.15) is 12.4 Å². The molecule has 0 bridgehead atoms. The van der Waals surface area contributed by atoms with Crippen LogP contribution in [0.2, 0.25) is 0 Å². The Morgan fingerprint density at radius 3 is 2.48 bits per heavy atom. The average molecular weight is 423 g/mol. The Labute approximate surface area is 183 Å². The Kier molecular flexibility index (Phi) is 6.95. The molecule has 0 aliphatic carbocycles. The van der Waals surface area contributed by atoms with Crippen LogP contribution in [0.3, 0.4) is 0 Å². The number of anilines is 1. The van der Waals surface area contributed by atoms with Gasteiger partial charge in [-0.05, 0) is 30.7 Å². The summed E-state index contributed by atoms with van der Waals surface area (Å²) < 4.78 is 6.96. The van der Waals surface area contributed by atoms with E-state index in [-0.39, 0.29) is 29.5 Å². The summed E-state index contributed by atoms with van der Waals surface area (Å²) in [5.41, 5.74) is 1.53. The van der Waals surface area contributed by atoms with Crippen molar-refractivity contribution in [1.29, 1.82) is 0 Å². The van der Waals surface area contributed by atoms with E-state index in [1.54, 1.807) is 16.8 Å². The number of para-hydroxylation sites is 1. The van der Waals surface area contributed by atoms with Crippen molar-refractivity contribution in [1.82, 2.24) is 14.7 Å². The zero-order valence-corrected chi connectivity index (χ0v) is 18.6. The van der Waals surface area contributed by atoms with E-state index in [2.05, 4.69) is 26.1 Å². The molecule has 3 aromatic rings. The Hall–Kier alpha value is -3.35. The van der Waals surface area contributed by atoms with Gasteiger partial charge < -0.3 is 14.6 Å². The summed E-state index contributed by atoms with van der Waals surface area (Å²) >= 11 is 0. The molecule has 3 rings (SSSR count). The van der Waals surface area contributed by atoms with Gasteiger partial charge in [-0.2, -0.15) is 5.10 Å². The second kappa shape index (κ2) is 9.64. The molecule has 1 N–H and O–H groups in total. The van der Waals surface area contributed by atoms with Crippen LogP contribution in [0.25, 0.3) is 5.69 Å². The first-order valence-electron chi connectivity index (χ1n) is 10.6. The number of benzene rings is 1. The minimum atomic E-state index is -0.291. The van der Waals surface area contributed by atoms with Crippen molar-refractivity contribution in [2.75, 3.05) is 18.4 Å². The summed E-state index contributed by atoms with van der Waals surface area (Å²) in [5.74, 6) is 0.226. The minimum absolute atomic E-state index is 0.0651. The zero-order chi connectivity index (χ0) is 22.4. The first kappa shape index (κ1) is 22.3. The van der Waals surface area contributed by atoms with Gasteiger partial charge in [0.2, 0.25) is 5.91 Å². The monoisotopic (exact) mass is 422 g/mol. The lowest BCUT2D eigenvalue weighted by Crippen LogP contribution is -2.38. The van der Waals surface area contributed by atoms with Crippen molar-refractivity contribution < 1.29 is 14.0 Å². The standard InChI is InChI=1S/C24H30N4O3/c1-5-6-14-27(23(30)19-13-10-15-31-19)17-22(29)25-21-16-20(24(2,3)4)26-28(21)18-11-8-7-9-12-18/h7-13,15-16H,5-6,14,17H2,1-4H3,(H,25,29). The first-order chi connectivity index (χ1) is 14.8. The predicted octanol–water partition coefficient (Wildman–Crippen LogP) is 4.64. The van der Waals surface area contributed by atoms with Crippen molar-refractivity contribution in [2.24, 2.45) is 0 Å². The smallest absolute Gasteiger partial charge is 0.290 e. The second-order valence-corrected chi connectivity index (χ2v) is 8.52. The van der Waals surface area contributed by atoms with Crippen LogP contribution >= 0.6 is 0 Å². The predicted molar refractivity (Wildman–Crippen MR) is 120 cm³/mol. The lowest BCUT2D eigenvalue weighted by Gasteiger charge is -2.21. The molecule has 0 unspecified atom stereocenters. The van der Waals surface area contributed by atoms with E-state index in [4.69, 9.17) is 9.52 Å². The third-order valence-electron chi connectivity index (χ3n) is 4.88. The van der Waals surface area contributed by atoms with Crippen LogP contribution in [0, 0.1) is 0 Å². The zero-order valence-electron chi connectivity index (χ0n) is 18.6. The van der Waals surface area contributed by atoms with Crippen LogP contribution in [-0.4, -0.2) is 39.6 Å². The Balaban J connectivity index is 1.82. The maximum Gasteiger partial charge on any atom is 0.290 e. The van der Waals surface area contributed by atoms with Gasteiger partial charge in [0.05, 0.1) is 17.6 Å². The van der Waals surface area contributed by atoms with E-state index >= 15 is 0 Å². The summed E-state index contributed by atoms with van der Waals surface area (Å²) in [5, 5.41) is 7.66. The van der Waals surface area contributed by atoms with Crippen molar-refractivity contribution in [2.45, 2.75) is 46.0 Å². The molecule has 2 heterocycles. The fourth-order valence-electron chi connectivity index (χ4n) is 3.12. The van der Waals surface area contributed by atoms with Crippen molar-refractivity contribution >= 4 is 17.6 Å². The molecule has 7 heteroatoms. The molecule has 7 nitrogen and oxygen atoms in total. The number of hydrogen-bond donors (Lipinski definition) is 1. The summed E-state index contributed by atoms with van der Waals surface area (Å²) in [6.45, 7) is 8.68. The number of carbonyl (C=O) groups excluding carboxylic acids is 2. The molecule has 0 fully saturated rings. The van der Waals surface area contributed by atoms with E-state index in [1.807, 2.05) is 43.3 Å². The highest BCUT2D eigenvalue weighted by Gasteiger charge is 2.24. The van der Waals surface area contributed by atoms with Gasteiger partial charge in [-0.1, -0.05) is 52.3 Å². The van der Waals surface area contributed by atoms with E-state index in [9.17, 15) is 9.59 Å². The quantitative estimate of drug-likeness (QED) is 0.573. The molecule has 2 aromatic heterocycles. The van der Waals surface area contributed by atoms with Crippen LogP contribution in [0.1, 0.15) is 56.8 Å². The summed E-state index contributed by atoms with van der Waals surface area (Å²) in [6, 6.07) is 14.8. The Morgan fingerprint density at radius 1 is 1.13 bits per heavy atom. The van der Waals surface area contributed by atoms with Gasteiger partial charge in [0, 0.05) is 18.0 Å². The van der Waals surface area contributed by atoms with Crippen LogP contribution in [-0.2, 0) is 10.2 Å². The molecule has 0 aliphatic rings. The maximum absolute atomic E-state index is 12.9. The number of nitrogens with one attached hydrogen (secondary N) is 1. The fourth-order valence-corrected chi connectivity index (χ4v) is 3.12. The molecule has 0 spiro atoms. The minimum Gasteiger partial charge on any atom is -0.459 e. The van der Waals surface area contributed by atoms with Gasteiger partial charge >= 0.3 is 0 Å². The van der Waals surface area contributed by atoms with Crippen molar-refractivity contribution in [3.05, 3.63) is 66.2 Å². The molecule has 0 radical (unpaired) electrons. The van der Waals surface area contributed by atoms with Gasteiger partial charge in [-0.3, -0.25) is 9.59 Å². The van der Waals surface area contributed by atoms with Crippen LogP contribution in [0.15, 0.2) is 59.2 Å². The molecular weight excluding hydrogens is 392 g/mol. The second-order valence-electron chi connectivity index (χ2n) is 8.52. The van der Waals surface area contributed by atoms with Crippen LogP contribution in [0.4, 0.5) is 5.82 Å². The summed E-state index contributed by atoms with van der Waals surface area (Å²) in [4.78, 5) is 27.2. The normalized spacial score (nSPS) is 11.4. The number of unbranched alkanes of at least 4 members (excludes halogenated alkanes) is 1. The lowest BCUT2D eigenvalue weighted by molar-refractivity contribution is -0.117. The Bertz CT molecular complexity index is 1000. The van der Waals surface area contributed by atoms with E-state index in [0.717, 1.165) is 24.2 Å². The summed E-state index contributed by atoms with van der Waals surface area (Å²) in [7, 11) is 0. The third kappa shape index (κ3) is 5.63. The molecular formula is C24H30N4O3. The van der Waals surface area contributed by atoms with Crippen molar-refractivity contribution in [3.8, 4) is 5.69 Å². The molecule has 0 saturated heterocycles. The highest BCUT2D eigenvalue weighted by molar-refractivity contribution is 5.97. The average Bonchev–Trinajstić information content (AvgIpc) is 3.41. The summed E-state index contributed by atoms with van der Waals surface area (Å²) in [6.07, 6.45) is 3.17.